The molecule has 0 bridgehead atoms. The molecule has 4 rings (SSSR count). The van der Waals surface area contributed by atoms with Crippen molar-refractivity contribution in [2.75, 3.05) is 12.0 Å². The van der Waals surface area contributed by atoms with E-state index in [2.05, 4.69) is 5.32 Å². The molecule has 30 heavy (non-hydrogen) atoms. The van der Waals surface area contributed by atoms with Gasteiger partial charge in [-0.05, 0) is 54.1 Å². The molecule has 0 radical (unpaired) electrons. The summed E-state index contributed by atoms with van der Waals surface area (Å²) in [7, 11) is 1.31. The van der Waals surface area contributed by atoms with E-state index in [1.807, 2.05) is 30.3 Å². The lowest BCUT2D eigenvalue weighted by Gasteiger charge is -2.26. The van der Waals surface area contributed by atoms with Gasteiger partial charge in [-0.3, -0.25) is 4.90 Å². The van der Waals surface area contributed by atoms with E-state index in [4.69, 9.17) is 21.1 Å². The summed E-state index contributed by atoms with van der Waals surface area (Å²) in [5.41, 5.74) is 1.46. The highest BCUT2D eigenvalue weighted by Gasteiger charge is 2.45. The first kappa shape index (κ1) is 19.8. The third-order valence-corrected chi connectivity index (χ3v) is 5.10. The van der Waals surface area contributed by atoms with E-state index in [1.54, 1.807) is 53.4 Å². The van der Waals surface area contributed by atoms with Crippen LogP contribution in [-0.2, 0) is 9.53 Å². The van der Waals surface area contributed by atoms with E-state index in [0.717, 1.165) is 5.56 Å². The first-order valence-corrected chi connectivity index (χ1v) is 9.70. The van der Waals surface area contributed by atoms with E-state index < -0.39 is 18.1 Å². The fourth-order valence-corrected chi connectivity index (χ4v) is 3.58. The number of hydrogen-bond acceptors (Lipinski definition) is 4. The smallest absolute Gasteiger partial charge is 0.330 e. The Bertz CT molecular complexity index is 1040. The SMILES string of the molecule is COC(=O)C1NC(=O)N(c2ccc(Oc3ccc(Cl)cc3)cc2)C1c1ccccc1. The summed E-state index contributed by atoms with van der Waals surface area (Å²) in [4.78, 5) is 26.6. The highest BCUT2D eigenvalue weighted by atomic mass is 35.5. The number of rotatable bonds is 5. The molecule has 6 nitrogen and oxygen atoms in total. The zero-order valence-electron chi connectivity index (χ0n) is 16.1. The standard InChI is InChI=1S/C23H19ClN2O4/c1-29-22(27)20-21(15-5-3-2-4-6-15)26(23(28)25-20)17-9-13-19(14-10-17)30-18-11-7-16(24)8-12-18/h2-14,20-21H,1H3,(H,25,28). The molecule has 3 aromatic carbocycles. The van der Waals surface area contributed by atoms with Gasteiger partial charge in [0.1, 0.15) is 11.5 Å². The van der Waals surface area contributed by atoms with E-state index in [1.165, 1.54) is 7.11 Å². The van der Waals surface area contributed by atoms with Crippen LogP contribution in [-0.4, -0.2) is 25.2 Å². The molecule has 1 heterocycles. The highest BCUT2D eigenvalue weighted by Crippen LogP contribution is 2.36. The fourth-order valence-electron chi connectivity index (χ4n) is 3.45. The molecule has 152 valence electrons. The summed E-state index contributed by atoms with van der Waals surface area (Å²) >= 11 is 5.90. The number of urea groups is 1. The molecule has 2 amide bonds. The summed E-state index contributed by atoms with van der Waals surface area (Å²) in [5, 5.41) is 3.36. The Morgan fingerprint density at radius 2 is 1.53 bits per heavy atom. The molecule has 1 fully saturated rings. The number of nitrogens with zero attached hydrogens (tertiary/aromatic N) is 1. The van der Waals surface area contributed by atoms with Gasteiger partial charge in [0.05, 0.1) is 13.2 Å². The lowest BCUT2D eigenvalue weighted by Crippen LogP contribution is -2.37. The van der Waals surface area contributed by atoms with E-state index in [9.17, 15) is 9.59 Å². The Morgan fingerprint density at radius 3 is 2.13 bits per heavy atom. The Hall–Kier alpha value is -3.51. The summed E-state index contributed by atoms with van der Waals surface area (Å²) in [6, 6.07) is 21.8. The van der Waals surface area contributed by atoms with Crippen molar-refractivity contribution in [2.24, 2.45) is 0 Å². The van der Waals surface area contributed by atoms with Crippen molar-refractivity contribution in [1.29, 1.82) is 0 Å². The molecule has 2 unspecified atom stereocenters. The van der Waals surface area contributed by atoms with Crippen LogP contribution in [0.3, 0.4) is 0 Å². The average Bonchev–Trinajstić information content (AvgIpc) is 3.13. The van der Waals surface area contributed by atoms with Crippen molar-refractivity contribution in [1.82, 2.24) is 5.32 Å². The Morgan fingerprint density at radius 1 is 0.933 bits per heavy atom. The van der Waals surface area contributed by atoms with Crippen LogP contribution in [0.15, 0.2) is 78.9 Å². The first-order chi connectivity index (χ1) is 14.6. The third kappa shape index (κ3) is 3.95. The van der Waals surface area contributed by atoms with Gasteiger partial charge in [0.2, 0.25) is 0 Å². The summed E-state index contributed by atoms with van der Waals surface area (Å²) in [5.74, 6) is 0.767. The van der Waals surface area contributed by atoms with Crippen LogP contribution in [0.2, 0.25) is 5.02 Å². The molecule has 7 heteroatoms. The molecule has 3 aromatic rings. The van der Waals surface area contributed by atoms with Crippen molar-refractivity contribution >= 4 is 29.3 Å². The maximum Gasteiger partial charge on any atom is 0.330 e. The Balaban J connectivity index is 1.62. The minimum absolute atomic E-state index is 0.370. The number of amides is 2. The van der Waals surface area contributed by atoms with Crippen LogP contribution < -0.4 is 15.0 Å². The molecule has 1 aliphatic heterocycles. The number of halogens is 1. The Kier molecular flexibility index (Phi) is 5.59. The lowest BCUT2D eigenvalue weighted by molar-refractivity contribution is -0.142. The number of hydrogen-bond donors (Lipinski definition) is 1. The quantitative estimate of drug-likeness (QED) is 0.591. The monoisotopic (exact) mass is 422 g/mol. The molecule has 0 aromatic heterocycles. The maximum absolute atomic E-state index is 12.8. The molecule has 2 atom stereocenters. The van der Waals surface area contributed by atoms with Crippen LogP contribution in [0.5, 0.6) is 11.5 Å². The van der Waals surface area contributed by atoms with Gasteiger partial charge in [-0.2, -0.15) is 0 Å². The second kappa shape index (κ2) is 8.47. The minimum Gasteiger partial charge on any atom is -0.467 e. The number of esters is 1. The maximum atomic E-state index is 12.8. The van der Waals surface area contributed by atoms with Crippen LogP contribution in [0.25, 0.3) is 0 Å². The summed E-state index contributed by atoms with van der Waals surface area (Å²) in [6.07, 6.45) is 0. The fraction of sp³-hybridized carbons (Fsp3) is 0.130. The van der Waals surface area contributed by atoms with Gasteiger partial charge in [-0.25, -0.2) is 9.59 Å². The molecule has 1 N–H and O–H groups in total. The number of carbonyl (C=O) groups excluding carboxylic acids is 2. The topological polar surface area (TPSA) is 67.9 Å². The number of nitrogens with one attached hydrogen (secondary N) is 1. The molecule has 1 aliphatic rings. The molecular weight excluding hydrogens is 404 g/mol. The molecular formula is C23H19ClN2O4. The van der Waals surface area contributed by atoms with Crippen LogP contribution in [0.1, 0.15) is 11.6 Å². The Labute approximate surface area is 179 Å². The van der Waals surface area contributed by atoms with Gasteiger partial charge < -0.3 is 14.8 Å². The van der Waals surface area contributed by atoms with Crippen LogP contribution >= 0.6 is 11.6 Å². The van der Waals surface area contributed by atoms with Gasteiger partial charge in [-0.1, -0.05) is 41.9 Å². The van der Waals surface area contributed by atoms with Crippen molar-refractivity contribution in [3.8, 4) is 11.5 Å². The van der Waals surface area contributed by atoms with Gasteiger partial charge >= 0.3 is 12.0 Å². The number of ether oxygens (including phenoxy) is 2. The summed E-state index contributed by atoms with van der Waals surface area (Å²) in [6.45, 7) is 0. The number of carbonyl (C=O) groups is 2. The van der Waals surface area contributed by atoms with Gasteiger partial charge in [-0.15, -0.1) is 0 Å². The van der Waals surface area contributed by atoms with Gasteiger partial charge in [0.25, 0.3) is 0 Å². The van der Waals surface area contributed by atoms with Crippen molar-refractivity contribution < 1.29 is 19.1 Å². The zero-order chi connectivity index (χ0) is 21.1. The first-order valence-electron chi connectivity index (χ1n) is 9.33. The second-order valence-corrected chi connectivity index (χ2v) is 7.16. The normalized spacial score (nSPS) is 18.1. The second-order valence-electron chi connectivity index (χ2n) is 6.73. The lowest BCUT2D eigenvalue weighted by atomic mass is 9.99. The van der Waals surface area contributed by atoms with Crippen LogP contribution in [0.4, 0.5) is 10.5 Å². The highest BCUT2D eigenvalue weighted by molar-refractivity contribution is 6.30. The van der Waals surface area contributed by atoms with E-state index >= 15 is 0 Å². The predicted octanol–water partition coefficient (Wildman–Crippen LogP) is 4.94. The number of benzene rings is 3. The van der Waals surface area contributed by atoms with Crippen molar-refractivity contribution in [3.05, 3.63) is 89.4 Å². The van der Waals surface area contributed by atoms with Crippen molar-refractivity contribution in [3.63, 3.8) is 0 Å². The molecule has 0 spiro atoms. The molecule has 1 saturated heterocycles. The third-order valence-electron chi connectivity index (χ3n) is 4.85. The average molecular weight is 423 g/mol. The molecule has 0 saturated carbocycles. The van der Waals surface area contributed by atoms with E-state index in [0.29, 0.717) is 22.2 Å². The minimum atomic E-state index is -0.810. The predicted molar refractivity (Wildman–Crippen MR) is 114 cm³/mol. The van der Waals surface area contributed by atoms with E-state index in [-0.39, 0.29) is 6.03 Å². The number of methoxy groups -OCH3 is 1. The number of anilines is 1. The zero-order valence-corrected chi connectivity index (χ0v) is 16.9. The molecule has 0 aliphatic carbocycles. The largest absolute Gasteiger partial charge is 0.467 e. The van der Waals surface area contributed by atoms with Crippen LogP contribution in [0, 0.1) is 0 Å². The van der Waals surface area contributed by atoms with Gasteiger partial charge in [0.15, 0.2) is 6.04 Å². The summed E-state index contributed by atoms with van der Waals surface area (Å²) < 4.78 is 10.7. The van der Waals surface area contributed by atoms with Gasteiger partial charge in [0, 0.05) is 10.7 Å². The van der Waals surface area contributed by atoms with Crippen molar-refractivity contribution in [2.45, 2.75) is 12.1 Å².